The minimum absolute atomic E-state index is 0.144. The molecule has 19 heavy (non-hydrogen) atoms. The third-order valence-electron chi connectivity index (χ3n) is 2.69. The lowest BCUT2D eigenvalue weighted by atomic mass is 10.2. The molecule has 0 aliphatic rings. The molecule has 1 rings (SSSR count). The molecule has 0 aliphatic heterocycles. The first-order chi connectivity index (χ1) is 8.75. The maximum absolute atomic E-state index is 12.3. The second-order valence-electron chi connectivity index (χ2n) is 4.36. The van der Waals surface area contributed by atoms with E-state index >= 15 is 0 Å². The van der Waals surface area contributed by atoms with Crippen molar-refractivity contribution in [2.45, 2.75) is 24.3 Å². The van der Waals surface area contributed by atoms with Crippen LogP contribution in [-0.4, -0.2) is 42.5 Å². The number of sulfonamides is 1. The van der Waals surface area contributed by atoms with Crippen molar-refractivity contribution in [2.24, 2.45) is 5.73 Å². The summed E-state index contributed by atoms with van der Waals surface area (Å²) in [6.07, 6.45) is -0.161. The predicted molar refractivity (Wildman–Crippen MR) is 78.4 cm³/mol. The third-order valence-corrected chi connectivity index (χ3v) is 4.78. The summed E-state index contributed by atoms with van der Waals surface area (Å²) in [4.78, 5) is 0.301. The molecule has 5 nitrogen and oxygen atoms in total. The molecule has 0 amide bonds. The van der Waals surface area contributed by atoms with Gasteiger partial charge in [-0.05, 0) is 25.5 Å². The second-order valence-corrected chi connectivity index (χ2v) is 6.84. The molecule has 0 aromatic heterocycles. The highest BCUT2D eigenvalue weighted by Crippen LogP contribution is 2.16. The smallest absolute Gasteiger partial charge is 0.242 e. The minimum Gasteiger partial charge on any atom is -0.393 e. The van der Waals surface area contributed by atoms with Gasteiger partial charge in [0, 0.05) is 19.2 Å². The molecule has 0 heterocycles. The number of thiocarbonyl (C=S) groups is 1. The normalized spacial score (nSPS) is 13.5. The summed E-state index contributed by atoms with van der Waals surface area (Å²) in [6.45, 7) is 1.87. The zero-order valence-electron chi connectivity index (χ0n) is 10.9. The van der Waals surface area contributed by atoms with Crippen LogP contribution in [-0.2, 0) is 10.0 Å². The first-order valence-electron chi connectivity index (χ1n) is 5.79. The van der Waals surface area contributed by atoms with Gasteiger partial charge in [-0.3, -0.25) is 0 Å². The number of rotatable bonds is 6. The van der Waals surface area contributed by atoms with Gasteiger partial charge in [0.15, 0.2) is 0 Å². The standard InChI is InChI=1S/C12H18N2O3S2/c1-9(15)6-7-14(2)19(16,17)11-5-3-4-10(8-11)12(13)18/h3-5,8-9,15H,6-7H2,1-2H3,(H2,13,18). The molecule has 0 bridgehead atoms. The molecular formula is C12H18N2O3S2. The van der Waals surface area contributed by atoms with E-state index in [0.29, 0.717) is 12.0 Å². The van der Waals surface area contributed by atoms with Gasteiger partial charge >= 0.3 is 0 Å². The maximum atomic E-state index is 12.3. The van der Waals surface area contributed by atoms with Crippen LogP contribution in [0.4, 0.5) is 0 Å². The van der Waals surface area contributed by atoms with Crippen molar-refractivity contribution in [2.75, 3.05) is 13.6 Å². The van der Waals surface area contributed by atoms with Crippen LogP contribution in [0.5, 0.6) is 0 Å². The van der Waals surface area contributed by atoms with Crippen molar-refractivity contribution in [1.29, 1.82) is 0 Å². The Balaban J connectivity index is 2.99. The van der Waals surface area contributed by atoms with Gasteiger partial charge in [-0.2, -0.15) is 0 Å². The van der Waals surface area contributed by atoms with Crippen LogP contribution in [0.15, 0.2) is 29.2 Å². The molecule has 1 unspecified atom stereocenters. The van der Waals surface area contributed by atoms with Crippen LogP contribution in [0.1, 0.15) is 18.9 Å². The summed E-state index contributed by atoms with van der Waals surface area (Å²) in [5.74, 6) is 0. The van der Waals surface area contributed by atoms with Crippen LogP contribution < -0.4 is 5.73 Å². The molecule has 106 valence electrons. The Morgan fingerprint density at radius 1 is 1.53 bits per heavy atom. The van der Waals surface area contributed by atoms with Gasteiger partial charge in [0.25, 0.3) is 0 Å². The fourth-order valence-electron chi connectivity index (χ4n) is 1.48. The van der Waals surface area contributed by atoms with Crippen molar-refractivity contribution >= 4 is 27.2 Å². The molecule has 0 aliphatic carbocycles. The Morgan fingerprint density at radius 3 is 2.68 bits per heavy atom. The average molecular weight is 302 g/mol. The quantitative estimate of drug-likeness (QED) is 0.756. The summed E-state index contributed by atoms with van der Waals surface area (Å²) < 4.78 is 25.8. The Hall–Kier alpha value is -1.02. The number of nitrogens with zero attached hydrogens (tertiary/aromatic N) is 1. The Labute approximate surface area is 119 Å². The van der Waals surface area contributed by atoms with E-state index in [4.69, 9.17) is 18.0 Å². The molecule has 0 radical (unpaired) electrons. The lowest BCUT2D eigenvalue weighted by molar-refractivity contribution is 0.177. The number of benzene rings is 1. The summed E-state index contributed by atoms with van der Waals surface area (Å²) in [6, 6.07) is 6.22. The van der Waals surface area contributed by atoms with Gasteiger partial charge in [0.2, 0.25) is 10.0 Å². The minimum atomic E-state index is -3.58. The summed E-state index contributed by atoms with van der Waals surface area (Å²) >= 11 is 4.83. The highest BCUT2D eigenvalue weighted by molar-refractivity contribution is 7.89. The highest BCUT2D eigenvalue weighted by Gasteiger charge is 2.21. The van der Waals surface area contributed by atoms with E-state index in [9.17, 15) is 13.5 Å². The van der Waals surface area contributed by atoms with Gasteiger partial charge in [-0.15, -0.1) is 0 Å². The largest absolute Gasteiger partial charge is 0.393 e. The summed E-state index contributed by atoms with van der Waals surface area (Å²) in [5.41, 5.74) is 6.00. The highest BCUT2D eigenvalue weighted by atomic mass is 32.2. The lowest BCUT2D eigenvalue weighted by Crippen LogP contribution is -2.29. The Kier molecular flexibility index (Phi) is 5.42. The SMILES string of the molecule is CC(O)CCN(C)S(=O)(=O)c1cccc(C(N)=S)c1. The van der Waals surface area contributed by atoms with Crippen molar-refractivity contribution in [1.82, 2.24) is 4.31 Å². The van der Waals surface area contributed by atoms with E-state index in [0.717, 1.165) is 0 Å². The maximum Gasteiger partial charge on any atom is 0.242 e. The van der Waals surface area contributed by atoms with Crippen LogP contribution in [0.3, 0.4) is 0 Å². The number of hydrogen-bond acceptors (Lipinski definition) is 4. The summed E-state index contributed by atoms with van der Waals surface area (Å²) in [5, 5.41) is 9.20. The van der Waals surface area contributed by atoms with Gasteiger partial charge in [-0.1, -0.05) is 24.4 Å². The van der Waals surface area contributed by atoms with Crippen molar-refractivity contribution in [3.8, 4) is 0 Å². The Morgan fingerprint density at radius 2 is 2.16 bits per heavy atom. The molecule has 3 N–H and O–H groups in total. The molecule has 7 heteroatoms. The molecular weight excluding hydrogens is 284 g/mol. The number of aliphatic hydroxyl groups excluding tert-OH is 1. The van der Waals surface area contributed by atoms with Crippen molar-refractivity contribution in [3.63, 3.8) is 0 Å². The van der Waals surface area contributed by atoms with E-state index in [1.165, 1.54) is 23.5 Å². The van der Waals surface area contributed by atoms with Crippen LogP contribution in [0.25, 0.3) is 0 Å². The van der Waals surface area contributed by atoms with Gasteiger partial charge in [0.05, 0.1) is 11.0 Å². The lowest BCUT2D eigenvalue weighted by Gasteiger charge is -2.18. The number of aliphatic hydroxyl groups is 1. The van der Waals surface area contributed by atoms with E-state index in [2.05, 4.69) is 0 Å². The molecule has 0 fully saturated rings. The fourth-order valence-corrected chi connectivity index (χ4v) is 2.84. The molecule has 1 aromatic rings. The van der Waals surface area contributed by atoms with Crippen LogP contribution in [0.2, 0.25) is 0 Å². The molecule has 0 saturated carbocycles. The van der Waals surface area contributed by atoms with E-state index in [1.54, 1.807) is 19.1 Å². The average Bonchev–Trinajstić information content (AvgIpc) is 2.35. The number of nitrogens with two attached hydrogens (primary N) is 1. The molecule has 0 saturated heterocycles. The number of hydrogen-bond donors (Lipinski definition) is 2. The molecule has 0 spiro atoms. The van der Waals surface area contributed by atoms with Crippen LogP contribution in [0, 0.1) is 0 Å². The molecule has 1 aromatic carbocycles. The Bertz CT molecular complexity index is 556. The monoisotopic (exact) mass is 302 g/mol. The van der Waals surface area contributed by atoms with E-state index in [-0.39, 0.29) is 16.4 Å². The van der Waals surface area contributed by atoms with Crippen LogP contribution >= 0.6 is 12.2 Å². The fraction of sp³-hybridized carbons (Fsp3) is 0.417. The first-order valence-corrected chi connectivity index (χ1v) is 7.64. The molecule has 1 atom stereocenters. The van der Waals surface area contributed by atoms with Crippen molar-refractivity contribution in [3.05, 3.63) is 29.8 Å². The van der Waals surface area contributed by atoms with Gasteiger partial charge in [-0.25, -0.2) is 12.7 Å². The second kappa shape index (κ2) is 6.42. The predicted octanol–water partition coefficient (Wildman–Crippen LogP) is 0.712. The topological polar surface area (TPSA) is 83.6 Å². The zero-order valence-corrected chi connectivity index (χ0v) is 12.5. The van der Waals surface area contributed by atoms with Gasteiger partial charge < -0.3 is 10.8 Å². The van der Waals surface area contributed by atoms with Gasteiger partial charge in [0.1, 0.15) is 4.99 Å². The summed E-state index contributed by atoms with van der Waals surface area (Å²) in [7, 11) is -2.11. The first kappa shape index (κ1) is 16.0. The zero-order chi connectivity index (χ0) is 14.6. The van der Waals surface area contributed by atoms with E-state index < -0.39 is 16.1 Å². The van der Waals surface area contributed by atoms with E-state index in [1.807, 2.05) is 0 Å². The third kappa shape index (κ3) is 4.24. The van der Waals surface area contributed by atoms with Crippen molar-refractivity contribution < 1.29 is 13.5 Å².